The van der Waals surface area contributed by atoms with Crippen LogP contribution in [0.5, 0.6) is 0 Å². The lowest BCUT2D eigenvalue weighted by atomic mass is 9.80. The van der Waals surface area contributed by atoms with Crippen molar-refractivity contribution >= 4 is 6.21 Å². The molecule has 0 saturated carbocycles. The van der Waals surface area contributed by atoms with Crippen molar-refractivity contribution in [2.45, 2.75) is 34.1 Å². The summed E-state index contributed by atoms with van der Waals surface area (Å²) in [5.74, 6) is 0.620. The molecule has 0 aromatic carbocycles. The first-order valence-electron chi connectivity index (χ1n) is 3.47. The Morgan fingerprint density at radius 2 is 1.89 bits per heavy atom. The van der Waals surface area contributed by atoms with E-state index in [0.717, 1.165) is 6.42 Å². The molecule has 0 amide bonds. The molecule has 1 heteroatoms. The molecule has 0 aromatic heterocycles. The second-order valence-corrected chi connectivity index (χ2v) is 3.71. The molecule has 0 bridgehead atoms. The third-order valence-corrected chi connectivity index (χ3v) is 1.95. The third-order valence-electron chi connectivity index (χ3n) is 1.95. The van der Waals surface area contributed by atoms with Gasteiger partial charge in [-0.1, -0.05) is 27.7 Å². The fourth-order valence-electron chi connectivity index (χ4n) is 0.530. The number of hydrogen-bond donors (Lipinski definition) is 1. The van der Waals surface area contributed by atoms with Gasteiger partial charge in [0.15, 0.2) is 0 Å². The normalized spacial score (nSPS) is 15.1. The third kappa shape index (κ3) is 3.28. The summed E-state index contributed by atoms with van der Waals surface area (Å²) >= 11 is 0. The summed E-state index contributed by atoms with van der Waals surface area (Å²) in [6, 6.07) is 0. The maximum absolute atomic E-state index is 6.89. The summed E-state index contributed by atoms with van der Waals surface area (Å²) in [6.45, 7) is 8.81. The first-order valence-corrected chi connectivity index (χ1v) is 3.47. The van der Waals surface area contributed by atoms with Gasteiger partial charge in [0, 0.05) is 0 Å². The summed E-state index contributed by atoms with van der Waals surface area (Å²) in [5.41, 5.74) is 0.359. The fourth-order valence-corrected chi connectivity index (χ4v) is 0.530. The van der Waals surface area contributed by atoms with Gasteiger partial charge < -0.3 is 5.41 Å². The van der Waals surface area contributed by atoms with Crippen molar-refractivity contribution in [3.05, 3.63) is 0 Å². The molecule has 1 N–H and O–H groups in total. The zero-order valence-electron chi connectivity index (χ0n) is 6.86. The van der Waals surface area contributed by atoms with Gasteiger partial charge >= 0.3 is 0 Å². The minimum Gasteiger partial charge on any atom is -0.313 e. The zero-order chi connectivity index (χ0) is 7.49. The largest absolute Gasteiger partial charge is 0.313 e. The van der Waals surface area contributed by atoms with Crippen LogP contribution in [0.2, 0.25) is 0 Å². The molecule has 0 aromatic rings. The molecule has 54 valence electrons. The van der Waals surface area contributed by atoms with Crippen LogP contribution in [0.15, 0.2) is 0 Å². The fraction of sp³-hybridized carbons (Fsp3) is 0.875. The van der Waals surface area contributed by atoms with Gasteiger partial charge in [-0.3, -0.25) is 0 Å². The highest BCUT2D eigenvalue weighted by molar-refractivity contribution is 5.53. The molecule has 0 radical (unpaired) electrons. The molecule has 0 heterocycles. The molecule has 0 aliphatic rings. The predicted molar refractivity (Wildman–Crippen MR) is 42.0 cm³/mol. The van der Waals surface area contributed by atoms with Gasteiger partial charge in [-0.15, -0.1) is 0 Å². The summed E-state index contributed by atoms with van der Waals surface area (Å²) < 4.78 is 0. The first-order chi connectivity index (χ1) is 3.98. The van der Waals surface area contributed by atoms with Crippen LogP contribution in [0.25, 0.3) is 0 Å². The van der Waals surface area contributed by atoms with Crippen molar-refractivity contribution < 1.29 is 0 Å². The highest BCUT2D eigenvalue weighted by Crippen LogP contribution is 2.26. The Morgan fingerprint density at radius 3 is 2.00 bits per heavy atom. The monoisotopic (exact) mass is 127 g/mol. The summed E-state index contributed by atoms with van der Waals surface area (Å²) in [4.78, 5) is 0. The molecule has 0 saturated heterocycles. The van der Waals surface area contributed by atoms with Gasteiger partial charge in [0.2, 0.25) is 0 Å². The van der Waals surface area contributed by atoms with Crippen LogP contribution >= 0.6 is 0 Å². The van der Waals surface area contributed by atoms with E-state index in [1.807, 2.05) is 0 Å². The Balaban J connectivity index is 3.72. The lowest BCUT2D eigenvalue weighted by molar-refractivity contribution is 0.270. The second kappa shape index (κ2) is 3.00. The summed E-state index contributed by atoms with van der Waals surface area (Å²) in [5, 5.41) is 6.89. The Bertz CT molecular complexity index is 89.2. The Kier molecular flexibility index (Phi) is 2.89. The number of nitrogens with one attached hydrogen (secondary N) is 1. The smallest absolute Gasteiger partial charge is 0.00449 e. The van der Waals surface area contributed by atoms with E-state index >= 15 is 0 Å². The molecule has 0 aliphatic carbocycles. The molecule has 9 heavy (non-hydrogen) atoms. The molecular formula is C8H17N. The van der Waals surface area contributed by atoms with Crippen LogP contribution < -0.4 is 0 Å². The van der Waals surface area contributed by atoms with Crippen molar-refractivity contribution in [3.8, 4) is 0 Å². The first kappa shape index (κ1) is 8.67. The molecule has 1 atom stereocenters. The molecular weight excluding hydrogens is 110 g/mol. The molecule has 0 unspecified atom stereocenters. The minimum atomic E-state index is 0.359. The lowest BCUT2D eigenvalue weighted by Crippen LogP contribution is -2.17. The predicted octanol–water partition coefficient (Wildman–Crippen LogP) is 2.71. The Morgan fingerprint density at radius 1 is 1.44 bits per heavy atom. The van der Waals surface area contributed by atoms with Crippen LogP contribution in [0.4, 0.5) is 0 Å². The number of rotatable bonds is 2. The average Bonchev–Trinajstić information content (AvgIpc) is 1.64. The van der Waals surface area contributed by atoms with Crippen LogP contribution in [0.3, 0.4) is 0 Å². The molecule has 0 aliphatic heterocycles. The molecule has 0 rings (SSSR count). The number of hydrogen-bond acceptors (Lipinski definition) is 1. The van der Waals surface area contributed by atoms with E-state index in [2.05, 4.69) is 27.7 Å². The SMILES string of the molecule is C[C@H](CC=N)C(C)(C)C. The van der Waals surface area contributed by atoms with Gasteiger partial charge in [-0.05, 0) is 24.0 Å². The van der Waals surface area contributed by atoms with E-state index in [0.29, 0.717) is 11.3 Å². The van der Waals surface area contributed by atoms with Gasteiger partial charge in [0.1, 0.15) is 0 Å². The minimum absolute atomic E-state index is 0.359. The van der Waals surface area contributed by atoms with Crippen molar-refractivity contribution in [1.82, 2.24) is 0 Å². The van der Waals surface area contributed by atoms with E-state index in [-0.39, 0.29) is 0 Å². The van der Waals surface area contributed by atoms with Crippen molar-refractivity contribution in [1.29, 1.82) is 5.41 Å². The Hall–Kier alpha value is -0.330. The molecule has 0 fully saturated rings. The van der Waals surface area contributed by atoms with E-state index in [4.69, 9.17) is 5.41 Å². The van der Waals surface area contributed by atoms with E-state index in [9.17, 15) is 0 Å². The molecule has 1 nitrogen and oxygen atoms in total. The topological polar surface area (TPSA) is 23.9 Å². The highest BCUT2D eigenvalue weighted by atomic mass is 14.3. The van der Waals surface area contributed by atoms with Crippen molar-refractivity contribution in [2.24, 2.45) is 11.3 Å². The van der Waals surface area contributed by atoms with Gasteiger partial charge in [-0.25, -0.2) is 0 Å². The summed E-state index contributed by atoms with van der Waals surface area (Å²) in [7, 11) is 0. The van der Waals surface area contributed by atoms with Crippen molar-refractivity contribution in [3.63, 3.8) is 0 Å². The van der Waals surface area contributed by atoms with Crippen molar-refractivity contribution in [2.75, 3.05) is 0 Å². The molecule has 0 spiro atoms. The van der Waals surface area contributed by atoms with Gasteiger partial charge in [0.25, 0.3) is 0 Å². The maximum atomic E-state index is 6.89. The van der Waals surface area contributed by atoms with E-state index in [1.54, 1.807) is 0 Å². The summed E-state index contributed by atoms with van der Waals surface area (Å²) in [6.07, 6.45) is 2.40. The van der Waals surface area contributed by atoms with Crippen LogP contribution in [-0.4, -0.2) is 6.21 Å². The second-order valence-electron chi connectivity index (χ2n) is 3.71. The van der Waals surface area contributed by atoms with Gasteiger partial charge in [0.05, 0.1) is 0 Å². The van der Waals surface area contributed by atoms with E-state index in [1.165, 1.54) is 6.21 Å². The van der Waals surface area contributed by atoms with Gasteiger partial charge in [-0.2, -0.15) is 0 Å². The lowest BCUT2D eigenvalue weighted by Gasteiger charge is -2.25. The maximum Gasteiger partial charge on any atom is -0.00449 e. The van der Waals surface area contributed by atoms with Crippen LogP contribution in [0, 0.1) is 16.7 Å². The highest BCUT2D eigenvalue weighted by Gasteiger charge is 2.17. The Labute approximate surface area is 58.0 Å². The van der Waals surface area contributed by atoms with Crippen LogP contribution in [-0.2, 0) is 0 Å². The van der Waals surface area contributed by atoms with E-state index < -0.39 is 0 Å². The quantitative estimate of drug-likeness (QED) is 0.551. The zero-order valence-corrected chi connectivity index (χ0v) is 6.86. The average molecular weight is 127 g/mol. The van der Waals surface area contributed by atoms with Crippen LogP contribution in [0.1, 0.15) is 34.1 Å². The standard InChI is InChI=1S/C8H17N/c1-7(5-6-9)8(2,3)4/h6-7,9H,5H2,1-4H3/t7-/m1/s1.